The van der Waals surface area contributed by atoms with Gasteiger partial charge in [0.2, 0.25) is 12.1 Å². The van der Waals surface area contributed by atoms with Gasteiger partial charge in [0.15, 0.2) is 0 Å². The molecular formula is C13H14N2. The Balaban J connectivity index is 3.04. The van der Waals surface area contributed by atoms with E-state index in [-0.39, 0.29) is 18.0 Å². The summed E-state index contributed by atoms with van der Waals surface area (Å²) in [6, 6.07) is 9.56. The van der Waals surface area contributed by atoms with E-state index in [1.807, 2.05) is 44.2 Å². The summed E-state index contributed by atoms with van der Waals surface area (Å²) in [7, 11) is 0. The maximum Gasteiger partial charge on any atom is 0.235 e. The van der Waals surface area contributed by atoms with E-state index in [2.05, 4.69) is 9.69 Å². The van der Waals surface area contributed by atoms with E-state index in [4.69, 9.17) is 13.1 Å². The molecule has 0 saturated carbocycles. The molecule has 2 heteroatoms. The first-order valence-electron chi connectivity index (χ1n) is 4.98. The van der Waals surface area contributed by atoms with Gasteiger partial charge in [-0.05, 0) is 5.56 Å². The summed E-state index contributed by atoms with van der Waals surface area (Å²) >= 11 is 0. The molecule has 1 rings (SSSR count). The van der Waals surface area contributed by atoms with Crippen LogP contribution < -0.4 is 0 Å². The average Bonchev–Trinajstić information content (AvgIpc) is 2.30. The van der Waals surface area contributed by atoms with E-state index in [9.17, 15) is 0 Å². The Morgan fingerprint density at radius 3 is 1.80 bits per heavy atom. The summed E-state index contributed by atoms with van der Waals surface area (Å²) in [6.45, 7) is 17.9. The molecule has 0 N–H and O–H groups in total. The third kappa shape index (κ3) is 2.58. The number of nitrogens with zero attached hydrogens (tertiary/aromatic N) is 2. The van der Waals surface area contributed by atoms with Gasteiger partial charge in [0.1, 0.15) is 5.92 Å². The Hall–Kier alpha value is -1.80. The molecule has 2 unspecified atom stereocenters. The zero-order valence-corrected chi connectivity index (χ0v) is 9.01. The standard InChI is InChI=1S/C13H14N2/c1-10(14-3)13(11(2)15-4)12-8-6-5-7-9-12/h5-11,13H,1-2H3. The van der Waals surface area contributed by atoms with Gasteiger partial charge < -0.3 is 9.69 Å². The number of rotatable bonds is 3. The topological polar surface area (TPSA) is 8.72 Å². The number of hydrogen-bond acceptors (Lipinski definition) is 0. The molecule has 0 aliphatic carbocycles. The van der Waals surface area contributed by atoms with Crippen LogP contribution in [-0.4, -0.2) is 12.1 Å². The molecule has 2 atom stereocenters. The zero-order valence-electron chi connectivity index (χ0n) is 9.01. The Labute approximate surface area is 91.2 Å². The molecule has 76 valence electrons. The van der Waals surface area contributed by atoms with Crippen molar-refractivity contribution in [3.05, 3.63) is 58.7 Å². The van der Waals surface area contributed by atoms with Crippen LogP contribution in [0.1, 0.15) is 25.3 Å². The Kier molecular flexibility index (Phi) is 3.89. The van der Waals surface area contributed by atoms with Crippen LogP contribution in [0.25, 0.3) is 9.69 Å². The molecule has 0 radical (unpaired) electrons. The van der Waals surface area contributed by atoms with E-state index >= 15 is 0 Å². The monoisotopic (exact) mass is 198 g/mol. The SMILES string of the molecule is [C-]#[N+]C(C)C(c1ccccc1)C(C)[N+]#[C-]. The Morgan fingerprint density at radius 2 is 1.40 bits per heavy atom. The predicted octanol–water partition coefficient (Wildman–Crippen LogP) is 3.39. The summed E-state index contributed by atoms with van der Waals surface area (Å²) in [6.07, 6.45) is 0. The molecule has 0 amide bonds. The van der Waals surface area contributed by atoms with Gasteiger partial charge >= 0.3 is 0 Å². The normalized spacial score (nSPS) is 15.7. The van der Waals surface area contributed by atoms with Crippen molar-refractivity contribution in [3.8, 4) is 0 Å². The van der Waals surface area contributed by atoms with E-state index < -0.39 is 0 Å². The van der Waals surface area contributed by atoms with Crippen molar-refractivity contribution in [2.75, 3.05) is 0 Å². The second kappa shape index (κ2) is 5.17. The lowest BCUT2D eigenvalue weighted by Gasteiger charge is -2.15. The fourth-order valence-electron chi connectivity index (χ4n) is 1.80. The van der Waals surface area contributed by atoms with Gasteiger partial charge in [-0.25, -0.2) is 13.1 Å². The maximum absolute atomic E-state index is 7.08. The largest absolute Gasteiger partial charge is 0.313 e. The summed E-state index contributed by atoms with van der Waals surface area (Å²) in [4.78, 5) is 7.08. The van der Waals surface area contributed by atoms with E-state index in [1.54, 1.807) is 0 Å². The highest BCUT2D eigenvalue weighted by molar-refractivity contribution is 5.25. The molecule has 0 saturated heterocycles. The van der Waals surface area contributed by atoms with Gasteiger partial charge in [-0.2, -0.15) is 0 Å². The van der Waals surface area contributed by atoms with E-state index in [0.717, 1.165) is 5.56 Å². The van der Waals surface area contributed by atoms with Crippen LogP contribution in [0.4, 0.5) is 0 Å². The molecule has 0 aliphatic rings. The van der Waals surface area contributed by atoms with Gasteiger partial charge in [-0.1, -0.05) is 30.3 Å². The van der Waals surface area contributed by atoms with E-state index in [0.29, 0.717) is 0 Å². The Bertz CT molecular complexity index is 363. The molecular weight excluding hydrogens is 184 g/mol. The fraction of sp³-hybridized carbons (Fsp3) is 0.385. The minimum atomic E-state index is -0.142. The fourth-order valence-corrected chi connectivity index (χ4v) is 1.80. The van der Waals surface area contributed by atoms with Gasteiger partial charge in [0, 0.05) is 13.8 Å². The molecule has 0 spiro atoms. The predicted molar refractivity (Wildman–Crippen MR) is 61.3 cm³/mol. The first-order valence-corrected chi connectivity index (χ1v) is 4.98. The number of hydrogen-bond donors (Lipinski definition) is 0. The minimum absolute atomic E-state index is 0.0150. The average molecular weight is 198 g/mol. The highest BCUT2D eigenvalue weighted by Crippen LogP contribution is 2.27. The second-order valence-electron chi connectivity index (χ2n) is 3.68. The van der Waals surface area contributed by atoms with E-state index in [1.165, 1.54) is 0 Å². The highest BCUT2D eigenvalue weighted by Gasteiger charge is 2.33. The van der Waals surface area contributed by atoms with Crippen LogP contribution in [-0.2, 0) is 0 Å². The molecule has 0 aliphatic heterocycles. The Morgan fingerprint density at radius 1 is 0.933 bits per heavy atom. The van der Waals surface area contributed by atoms with Crippen molar-refractivity contribution in [3.63, 3.8) is 0 Å². The van der Waals surface area contributed by atoms with Crippen LogP contribution in [0.3, 0.4) is 0 Å². The van der Waals surface area contributed by atoms with Crippen molar-refractivity contribution >= 4 is 0 Å². The van der Waals surface area contributed by atoms with Crippen molar-refractivity contribution in [1.82, 2.24) is 0 Å². The molecule has 2 nitrogen and oxygen atoms in total. The molecule has 1 aromatic carbocycles. The van der Waals surface area contributed by atoms with Crippen LogP contribution in [0.15, 0.2) is 30.3 Å². The molecule has 0 bridgehead atoms. The maximum atomic E-state index is 7.08. The summed E-state index contributed by atoms with van der Waals surface area (Å²) in [5.41, 5.74) is 1.09. The third-order valence-electron chi connectivity index (χ3n) is 2.63. The van der Waals surface area contributed by atoms with Crippen LogP contribution in [0.2, 0.25) is 0 Å². The van der Waals surface area contributed by atoms with Gasteiger partial charge in [0.25, 0.3) is 0 Å². The van der Waals surface area contributed by atoms with Crippen LogP contribution >= 0.6 is 0 Å². The summed E-state index contributed by atoms with van der Waals surface area (Å²) in [5.74, 6) is 0.0150. The quantitative estimate of drug-likeness (QED) is 0.658. The highest BCUT2D eigenvalue weighted by atomic mass is 14.8. The van der Waals surface area contributed by atoms with Gasteiger partial charge in [-0.3, -0.25) is 0 Å². The molecule has 1 aromatic rings. The third-order valence-corrected chi connectivity index (χ3v) is 2.63. The van der Waals surface area contributed by atoms with Gasteiger partial charge in [0.05, 0.1) is 0 Å². The summed E-state index contributed by atoms with van der Waals surface area (Å²) in [5, 5.41) is 0. The second-order valence-corrected chi connectivity index (χ2v) is 3.68. The smallest absolute Gasteiger partial charge is 0.235 e. The lowest BCUT2D eigenvalue weighted by Crippen LogP contribution is -2.21. The summed E-state index contributed by atoms with van der Waals surface area (Å²) < 4.78 is 0. The minimum Gasteiger partial charge on any atom is -0.313 e. The van der Waals surface area contributed by atoms with Crippen molar-refractivity contribution < 1.29 is 0 Å². The molecule has 0 aromatic heterocycles. The van der Waals surface area contributed by atoms with Crippen LogP contribution in [0, 0.1) is 13.1 Å². The van der Waals surface area contributed by atoms with Crippen LogP contribution in [0.5, 0.6) is 0 Å². The van der Waals surface area contributed by atoms with Gasteiger partial charge in [-0.15, -0.1) is 0 Å². The van der Waals surface area contributed by atoms with Crippen molar-refractivity contribution in [2.45, 2.75) is 31.8 Å². The first-order chi connectivity index (χ1) is 7.20. The van der Waals surface area contributed by atoms with Crippen molar-refractivity contribution in [1.29, 1.82) is 0 Å². The zero-order chi connectivity index (χ0) is 11.3. The lowest BCUT2D eigenvalue weighted by molar-refractivity contribution is 0.578. The van der Waals surface area contributed by atoms with Crippen molar-refractivity contribution in [2.24, 2.45) is 0 Å². The number of benzene rings is 1. The molecule has 0 heterocycles. The lowest BCUT2D eigenvalue weighted by atomic mass is 9.87. The molecule has 0 fully saturated rings. The molecule has 15 heavy (non-hydrogen) atoms. The first kappa shape index (κ1) is 11.3.